The van der Waals surface area contributed by atoms with Crippen LogP contribution in [0, 0.1) is 5.92 Å². The van der Waals surface area contributed by atoms with Crippen molar-refractivity contribution in [2.75, 3.05) is 32.0 Å². The van der Waals surface area contributed by atoms with Crippen molar-refractivity contribution in [1.29, 1.82) is 0 Å². The van der Waals surface area contributed by atoms with Gasteiger partial charge in [0.05, 0.1) is 11.9 Å². The van der Waals surface area contributed by atoms with Crippen molar-refractivity contribution >= 4 is 17.7 Å². The molecule has 0 aliphatic carbocycles. The molecule has 1 fully saturated rings. The van der Waals surface area contributed by atoms with Gasteiger partial charge in [-0.05, 0) is 32.4 Å². The van der Waals surface area contributed by atoms with E-state index in [1.165, 1.54) is 17.1 Å². The Balaban J connectivity index is 1.73. The third-order valence-corrected chi connectivity index (χ3v) is 3.46. The molecule has 2 heterocycles. The number of urea groups is 1. The summed E-state index contributed by atoms with van der Waals surface area (Å²) in [5.74, 6) is -0.500. The summed E-state index contributed by atoms with van der Waals surface area (Å²) in [7, 11) is 2.09. The summed E-state index contributed by atoms with van der Waals surface area (Å²) < 4.78 is 1.26. The molecule has 1 aliphatic rings. The number of nitrogens with one attached hydrogen (secondary N) is 2. The molecule has 0 spiro atoms. The summed E-state index contributed by atoms with van der Waals surface area (Å²) >= 11 is 0. The fourth-order valence-electron chi connectivity index (χ4n) is 2.51. The second-order valence-electron chi connectivity index (χ2n) is 5.43. The van der Waals surface area contributed by atoms with Crippen LogP contribution < -0.4 is 10.6 Å². The number of nitrogens with zero attached hydrogens (tertiary/aromatic N) is 3. The highest BCUT2D eigenvalue weighted by atomic mass is 16.4. The molecule has 1 aliphatic heterocycles. The van der Waals surface area contributed by atoms with Gasteiger partial charge in [-0.25, -0.2) is 4.79 Å². The first kappa shape index (κ1) is 15.3. The number of carboxylic acid groups (broad SMARTS) is 1. The number of rotatable bonds is 5. The molecule has 1 aromatic heterocycles. The van der Waals surface area contributed by atoms with Gasteiger partial charge < -0.3 is 20.6 Å². The molecular formula is C13H21N5O3. The van der Waals surface area contributed by atoms with Crippen LogP contribution in [0.1, 0.15) is 12.8 Å². The van der Waals surface area contributed by atoms with Crippen LogP contribution in [0.4, 0.5) is 10.5 Å². The van der Waals surface area contributed by atoms with Gasteiger partial charge in [-0.1, -0.05) is 0 Å². The maximum atomic E-state index is 11.8. The molecule has 8 heteroatoms. The molecule has 0 radical (unpaired) electrons. The Labute approximate surface area is 123 Å². The van der Waals surface area contributed by atoms with Gasteiger partial charge in [0.25, 0.3) is 0 Å². The average Bonchev–Trinajstić information content (AvgIpc) is 2.83. The maximum absolute atomic E-state index is 11.8. The number of aromatic nitrogens is 2. The molecule has 1 aromatic rings. The van der Waals surface area contributed by atoms with Gasteiger partial charge in [-0.2, -0.15) is 5.10 Å². The molecule has 21 heavy (non-hydrogen) atoms. The first-order valence-corrected chi connectivity index (χ1v) is 7.00. The second kappa shape index (κ2) is 7.07. The van der Waals surface area contributed by atoms with E-state index in [1.807, 2.05) is 0 Å². The highest BCUT2D eigenvalue weighted by molar-refractivity contribution is 5.88. The molecule has 2 rings (SSSR count). The third kappa shape index (κ3) is 5.07. The van der Waals surface area contributed by atoms with Gasteiger partial charge in [-0.3, -0.25) is 9.48 Å². The van der Waals surface area contributed by atoms with Crippen LogP contribution in [0.5, 0.6) is 0 Å². The Hall–Kier alpha value is -2.09. The van der Waals surface area contributed by atoms with Crippen LogP contribution >= 0.6 is 0 Å². The lowest BCUT2D eigenvalue weighted by Crippen LogP contribution is -2.40. The topological polar surface area (TPSA) is 99.5 Å². The standard InChI is InChI=1S/C13H21N5O3/c1-17-4-2-3-10(7-17)5-14-13(21)16-11-6-15-18(8-11)9-12(19)20/h6,8,10H,2-5,7,9H2,1H3,(H,19,20)(H2,14,16,21). The van der Waals surface area contributed by atoms with E-state index in [0.717, 1.165) is 25.9 Å². The van der Waals surface area contributed by atoms with Crippen molar-refractivity contribution in [3.8, 4) is 0 Å². The van der Waals surface area contributed by atoms with Crippen LogP contribution in [0.2, 0.25) is 0 Å². The summed E-state index contributed by atoms with van der Waals surface area (Å²) in [6.45, 7) is 2.53. The number of carbonyl (C=O) groups is 2. The number of piperidine rings is 1. The van der Waals surface area contributed by atoms with Gasteiger partial charge in [0.15, 0.2) is 0 Å². The molecule has 8 nitrogen and oxygen atoms in total. The second-order valence-corrected chi connectivity index (χ2v) is 5.43. The van der Waals surface area contributed by atoms with E-state index in [2.05, 4.69) is 27.7 Å². The maximum Gasteiger partial charge on any atom is 0.325 e. The van der Waals surface area contributed by atoms with Crippen molar-refractivity contribution in [2.45, 2.75) is 19.4 Å². The minimum atomic E-state index is -0.976. The predicted molar refractivity (Wildman–Crippen MR) is 77.1 cm³/mol. The number of likely N-dealkylation sites (tertiary alicyclic amines) is 1. The lowest BCUT2D eigenvalue weighted by Gasteiger charge is -2.29. The Kier molecular flexibility index (Phi) is 5.15. The van der Waals surface area contributed by atoms with E-state index in [0.29, 0.717) is 18.2 Å². The van der Waals surface area contributed by atoms with Gasteiger partial charge in [0, 0.05) is 19.3 Å². The molecule has 0 aromatic carbocycles. The van der Waals surface area contributed by atoms with Crippen molar-refractivity contribution in [2.24, 2.45) is 5.92 Å². The van der Waals surface area contributed by atoms with Crippen molar-refractivity contribution in [3.63, 3.8) is 0 Å². The first-order chi connectivity index (χ1) is 10.0. The summed E-state index contributed by atoms with van der Waals surface area (Å²) in [4.78, 5) is 24.6. The fraction of sp³-hybridized carbons (Fsp3) is 0.615. The smallest absolute Gasteiger partial charge is 0.325 e. The largest absolute Gasteiger partial charge is 0.480 e. The molecule has 0 bridgehead atoms. The Morgan fingerprint density at radius 1 is 1.52 bits per heavy atom. The quantitative estimate of drug-likeness (QED) is 0.731. The first-order valence-electron chi connectivity index (χ1n) is 7.00. The van der Waals surface area contributed by atoms with Crippen molar-refractivity contribution in [3.05, 3.63) is 12.4 Å². The van der Waals surface area contributed by atoms with E-state index in [1.54, 1.807) is 0 Å². The number of aliphatic carboxylic acids is 1. The highest BCUT2D eigenvalue weighted by Crippen LogP contribution is 2.14. The monoisotopic (exact) mass is 295 g/mol. The normalized spacial score (nSPS) is 19.2. The highest BCUT2D eigenvalue weighted by Gasteiger charge is 2.17. The van der Waals surface area contributed by atoms with E-state index in [9.17, 15) is 9.59 Å². The molecule has 0 saturated carbocycles. The molecular weight excluding hydrogens is 274 g/mol. The summed E-state index contributed by atoms with van der Waals surface area (Å²) in [5.41, 5.74) is 0.481. The molecule has 3 N–H and O–H groups in total. The van der Waals surface area contributed by atoms with E-state index >= 15 is 0 Å². The van der Waals surface area contributed by atoms with Crippen LogP contribution in [-0.2, 0) is 11.3 Å². The van der Waals surface area contributed by atoms with E-state index in [-0.39, 0.29) is 12.6 Å². The predicted octanol–water partition coefficient (Wildman–Crippen LogP) is 0.431. The number of amides is 2. The number of carbonyl (C=O) groups excluding carboxylic acids is 1. The van der Waals surface area contributed by atoms with E-state index in [4.69, 9.17) is 5.11 Å². The Morgan fingerprint density at radius 3 is 3.05 bits per heavy atom. The van der Waals surface area contributed by atoms with Gasteiger partial charge in [0.2, 0.25) is 0 Å². The Bertz CT molecular complexity index is 502. The SMILES string of the molecule is CN1CCCC(CNC(=O)Nc2cnn(CC(=O)O)c2)C1. The van der Waals surface area contributed by atoms with Crippen LogP contribution in [0.15, 0.2) is 12.4 Å². The van der Waals surface area contributed by atoms with Gasteiger partial charge in [0.1, 0.15) is 6.54 Å². The fourth-order valence-corrected chi connectivity index (χ4v) is 2.51. The van der Waals surface area contributed by atoms with Crippen LogP contribution in [0.25, 0.3) is 0 Å². The summed E-state index contributed by atoms with van der Waals surface area (Å²) in [6, 6.07) is -0.293. The number of hydrogen-bond acceptors (Lipinski definition) is 4. The molecule has 1 atom stereocenters. The zero-order chi connectivity index (χ0) is 15.2. The van der Waals surface area contributed by atoms with Gasteiger partial charge in [-0.15, -0.1) is 0 Å². The summed E-state index contributed by atoms with van der Waals surface area (Å²) in [6.07, 6.45) is 5.20. The molecule has 1 unspecified atom stereocenters. The number of hydrogen-bond donors (Lipinski definition) is 3. The van der Waals surface area contributed by atoms with Crippen molar-refractivity contribution in [1.82, 2.24) is 20.0 Å². The molecule has 116 valence electrons. The zero-order valence-electron chi connectivity index (χ0n) is 12.1. The Morgan fingerprint density at radius 2 is 2.33 bits per heavy atom. The van der Waals surface area contributed by atoms with Gasteiger partial charge >= 0.3 is 12.0 Å². The molecule has 1 saturated heterocycles. The number of carboxylic acids is 1. The van der Waals surface area contributed by atoms with Crippen LogP contribution in [0.3, 0.4) is 0 Å². The van der Waals surface area contributed by atoms with E-state index < -0.39 is 5.97 Å². The average molecular weight is 295 g/mol. The zero-order valence-corrected chi connectivity index (χ0v) is 12.1. The summed E-state index contributed by atoms with van der Waals surface area (Å²) in [5, 5.41) is 18.0. The lowest BCUT2D eigenvalue weighted by atomic mass is 9.99. The minimum absolute atomic E-state index is 0.224. The van der Waals surface area contributed by atoms with Crippen molar-refractivity contribution < 1.29 is 14.7 Å². The molecule has 2 amide bonds. The minimum Gasteiger partial charge on any atom is -0.480 e. The van der Waals surface area contributed by atoms with Crippen LogP contribution in [-0.4, -0.2) is 58.5 Å². The number of anilines is 1. The lowest BCUT2D eigenvalue weighted by molar-refractivity contribution is -0.137. The third-order valence-electron chi connectivity index (χ3n) is 3.46.